The highest BCUT2D eigenvalue weighted by atomic mass is 15.4. The molecule has 1 fully saturated rings. The third-order valence-corrected chi connectivity index (χ3v) is 2.21. The number of nitrogens with one attached hydrogen (secondary N) is 2. The number of hydrogen-bond acceptors (Lipinski definition) is 3. The molecule has 4 N–H and O–H groups in total. The normalized spacial score (nSPS) is 22.8. The molecule has 2 rings (SSSR count). The zero-order valence-electron chi connectivity index (χ0n) is 6.88. The van der Waals surface area contributed by atoms with Crippen LogP contribution in [0.2, 0.25) is 0 Å². The molecule has 0 spiro atoms. The first-order valence-corrected chi connectivity index (χ1v) is 4.21. The zero-order valence-corrected chi connectivity index (χ0v) is 6.88. The Hall–Kier alpha value is -1.06. The van der Waals surface area contributed by atoms with Crippen molar-refractivity contribution in [2.45, 2.75) is 12.5 Å². The van der Waals surface area contributed by atoms with Gasteiger partial charge >= 0.3 is 0 Å². The van der Waals surface area contributed by atoms with Crippen molar-refractivity contribution in [2.75, 3.05) is 12.3 Å². The van der Waals surface area contributed by atoms with Crippen LogP contribution in [0.4, 0.5) is 5.69 Å². The third-order valence-electron chi connectivity index (χ3n) is 2.21. The Morgan fingerprint density at radius 3 is 2.83 bits per heavy atom. The number of nitrogens with two attached hydrogens (primary N) is 1. The molecule has 1 aromatic carbocycles. The molecule has 0 saturated carbocycles. The van der Waals surface area contributed by atoms with Gasteiger partial charge in [0.2, 0.25) is 0 Å². The minimum absolute atomic E-state index is 0.381. The molecular formula is C9H13N3. The lowest BCUT2D eigenvalue weighted by Crippen LogP contribution is -2.25. The Labute approximate surface area is 71.9 Å². The van der Waals surface area contributed by atoms with Crippen LogP contribution >= 0.6 is 0 Å². The first-order valence-electron chi connectivity index (χ1n) is 4.21. The van der Waals surface area contributed by atoms with Gasteiger partial charge in [0.25, 0.3) is 0 Å². The van der Waals surface area contributed by atoms with Gasteiger partial charge in [0, 0.05) is 18.3 Å². The summed E-state index contributed by atoms with van der Waals surface area (Å²) < 4.78 is 0. The molecule has 12 heavy (non-hydrogen) atoms. The molecule has 1 aromatic rings. The van der Waals surface area contributed by atoms with E-state index in [1.807, 2.05) is 18.2 Å². The SMILES string of the molecule is Nc1ccccc1C1CCNN1. The molecule has 1 aliphatic heterocycles. The molecule has 3 nitrogen and oxygen atoms in total. The number of rotatable bonds is 1. The van der Waals surface area contributed by atoms with Crippen molar-refractivity contribution in [3.05, 3.63) is 29.8 Å². The van der Waals surface area contributed by atoms with Gasteiger partial charge in [-0.25, -0.2) is 0 Å². The molecule has 0 bridgehead atoms. The second-order valence-electron chi connectivity index (χ2n) is 3.04. The highest BCUT2D eigenvalue weighted by molar-refractivity contribution is 5.48. The van der Waals surface area contributed by atoms with Crippen LogP contribution in [0.25, 0.3) is 0 Å². The molecule has 0 amide bonds. The van der Waals surface area contributed by atoms with E-state index in [4.69, 9.17) is 5.73 Å². The van der Waals surface area contributed by atoms with Crippen LogP contribution in [0.5, 0.6) is 0 Å². The van der Waals surface area contributed by atoms with Crippen molar-refractivity contribution in [3.8, 4) is 0 Å². The number of para-hydroxylation sites is 1. The predicted octanol–water partition coefficient (Wildman–Crippen LogP) is 0.808. The fraction of sp³-hybridized carbons (Fsp3) is 0.333. The zero-order chi connectivity index (χ0) is 8.39. The van der Waals surface area contributed by atoms with Crippen LogP contribution in [-0.2, 0) is 0 Å². The second-order valence-corrected chi connectivity index (χ2v) is 3.04. The molecule has 0 aliphatic carbocycles. The quantitative estimate of drug-likeness (QED) is 0.537. The molecule has 1 unspecified atom stereocenters. The van der Waals surface area contributed by atoms with Gasteiger partial charge in [-0.2, -0.15) is 0 Å². The summed E-state index contributed by atoms with van der Waals surface area (Å²) in [6.45, 7) is 1.01. The summed E-state index contributed by atoms with van der Waals surface area (Å²) in [4.78, 5) is 0. The van der Waals surface area contributed by atoms with Crippen molar-refractivity contribution in [1.29, 1.82) is 0 Å². The van der Waals surface area contributed by atoms with Crippen LogP contribution in [0, 0.1) is 0 Å². The van der Waals surface area contributed by atoms with Gasteiger partial charge < -0.3 is 5.73 Å². The number of benzene rings is 1. The standard InChI is InChI=1S/C9H13N3/c10-8-4-2-1-3-7(8)9-5-6-11-12-9/h1-4,9,11-12H,5-6,10H2. The Balaban J connectivity index is 2.26. The van der Waals surface area contributed by atoms with Crippen LogP contribution in [0.15, 0.2) is 24.3 Å². The Morgan fingerprint density at radius 1 is 1.33 bits per heavy atom. The smallest absolute Gasteiger partial charge is 0.0495 e. The summed E-state index contributed by atoms with van der Waals surface area (Å²) in [5.41, 5.74) is 14.2. The molecule has 1 saturated heterocycles. The fourth-order valence-corrected chi connectivity index (χ4v) is 1.55. The Bertz CT molecular complexity index is 266. The molecule has 0 aromatic heterocycles. The van der Waals surface area contributed by atoms with E-state index >= 15 is 0 Å². The molecule has 1 heterocycles. The summed E-state index contributed by atoms with van der Waals surface area (Å²) in [5, 5.41) is 0. The molecule has 1 aliphatic rings. The van der Waals surface area contributed by atoms with Gasteiger partial charge in [0.05, 0.1) is 0 Å². The monoisotopic (exact) mass is 163 g/mol. The van der Waals surface area contributed by atoms with Crippen molar-refractivity contribution in [2.24, 2.45) is 0 Å². The van der Waals surface area contributed by atoms with Crippen molar-refractivity contribution >= 4 is 5.69 Å². The molecule has 0 radical (unpaired) electrons. The summed E-state index contributed by atoms with van der Waals surface area (Å²) in [6, 6.07) is 8.37. The lowest BCUT2D eigenvalue weighted by molar-refractivity contribution is 0.582. The van der Waals surface area contributed by atoms with Crippen LogP contribution < -0.4 is 16.6 Å². The van der Waals surface area contributed by atoms with E-state index in [2.05, 4.69) is 16.9 Å². The predicted molar refractivity (Wildman–Crippen MR) is 49.4 cm³/mol. The summed E-state index contributed by atoms with van der Waals surface area (Å²) >= 11 is 0. The minimum atomic E-state index is 0.381. The largest absolute Gasteiger partial charge is 0.398 e. The highest BCUT2D eigenvalue weighted by Crippen LogP contribution is 2.23. The minimum Gasteiger partial charge on any atom is -0.398 e. The average molecular weight is 163 g/mol. The van der Waals surface area contributed by atoms with Crippen molar-refractivity contribution < 1.29 is 0 Å². The topological polar surface area (TPSA) is 50.1 Å². The highest BCUT2D eigenvalue weighted by Gasteiger charge is 2.17. The van der Waals surface area contributed by atoms with E-state index in [1.54, 1.807) is 0 Å². The first kappa shape index (κ1) is 7.58. The average Bonchev–Trinajstić information content (AvgIpc) is 2.57. The fourth-order valence-electron chi connectivity index (χ4n) is 1.55. The van der Waals surface area contributed by atoms with Gasteiger partial charge in [-0.05, 0) is 18.1 Å². The molecule has 64 valence electrons. The summed E-state index contributed by atoms with van der Waals surface area (Å²) in [6.07, 6.45) is 1.11. The van der Waals surface area contributed by atoms with Gasteiger partial charge in [0.1, 0.15) is 0 Å². The summed E-state index contributed by atoms with van der Waals surface area (Å²) in [7, 11) is 0. The van der Waals surface area contributed by atoms with E-state index in [1.165, 1.54) is 5.56 Å². The summed E-state index contributed by atoms with van der Waals surface area (Å²) in [5.74, 6) is 0. The third kappa shape index (κ3) is 1.29. The second kappa shape index (κ2) is 3.13. The van der Waals surface area contributed by atoms with Crippen molar-refractivity contribution in [3.63, 3.8) is 0 Å². The Morgan fingerprint density at radius 2 is 2.17 bits per heavy atom. The van der Waals surface area contributed by atoms with Crippen molar-refractivity contribution in [1.82, 2.24) is 10.9 Å². The number of hydrazine groups is 1. The maximum absolute atomic E-state index is 5.83. The lowest BCUT2D eigenvalue weighted by Gasteiger charge is -2.11. The Kier molecular flexibility index (Phi) is 1.98. The van der Waals surface area contributed by atoms with Gasteiger partial charge in [-0.1, -0.05) is 18.2 Å². The number of anilines is 1. The van der Waals surface area contributed by atoms with E-state index in [0.29, 0.717) is 6.04 Å². The van der Waals surface area contributed by atoms with Crippen LogP contribution in [0.3, 0.4) is 0 Å². The first-order chi connectivity index (χ1) is 5.88. The maximum Gasteiger partial charge on any atom is 0.0495 e. The van der Waals surface area contributed by atoms with E-state index < -0.39 is 0 Å². The van der Waals surface area contributed by atoms with Gasteiger partial charge in [-0.3, -0.25) is 10.9 Å². The molecule has 3 heteroatoms. The number of nitrogen functional groups attached to an aromatic ring is 1. The van der Waals surface area contributed by atoms with E-state index in [9.17, 15) is 0 Å². The molecular weight excluding hydrogens is 150 g/mol. The molecule has 1 atom stereocenters. The van der Waals surface area contributed by atoms with E-state index in [-0.39, 0.29) is 0 Å². The maximum atomic E-state index is 5.83. The van der Waals surface area contributed by atoms with E-state index in [0.717, 1.165) is 18.7 Å². The lowest BCUT2D eigenvalue weighted by atomic mass is 10.0. The van der Waals surface area contributed by atoms with Crippen LogP contribution in [0.1, 0.15) is 18.0 Å². The van der Waals surface area contributed by atoms with Gasteiger partial charge in [0.15, 0.2) is 0 Å². The van der Waals surface area contributed by atoms with Crippen LogP contribution in [-0.4, -0.2) is 6.54 Å². The van der Waals surface area contributed by atoms with Gasteiger partial charge in [-0.15, -0.1) is 0 Å². The number of hydrogen-bond donors (Lipinski definition) is 3.